The Morgan fingerprint density at radius 1 is 1.07 bits per heavy atom. The highest BCUT2D eigenvalue weighted by Gasteiger charge is 2.21. The zero-order valence-corrected chi connectivity index (χ0v) is 16.4. The van der Waals surface area contributed by atoms with Crippen LogP contribution >= 0.6 is 0 Å². The van der Waals surface area contributed by atoms with Crippen LogP contribution in [-0.4, -0.2) is 41.8 Å². The topological polar surface area (TPSA) is 93.7 Å². The zero-order chi connectivity index (χ0) is 19.9. The molecule has 0 fully saturated rings. The van der Waals surface area contributed by atoms with Crippen molar-refractivity contribution >= 4 is 27.4 Å². The van der Waals surface area contributed by atoms with Crippen LogP contribution in [0, 0.1) is 6.92 Å². The molecule has 0 spiro atoms. The Balaban J connectivity index is 2.36. The summed E-state index contributed by atoms with van der Waals surface area (Å²) in [7, 11) is -1.06. The molecule has 0 heterocycles. The van der Waals surface area contributed by atoms with Gasteiger partial charge in [0.2, 0.25) is 0 Å². The zero-order valence-electron chi connectivity index (χ0n) is 15.6. The van der Waals surface area contributed by atoms with E-state index in [0.29, 0.717) is 30.9 Å². The van der Waals surface area contributed by atoms with E-state index in [4.69, 9.17) is 9.47 Å². The molecule has 0 atom stereocenters. The van der Waals surface area contributed by atoms with E-state index in [0.717, 1.165) is 5.56 Å². The molecule has 2 rings (SSSR count). The average Bonchev–Trinajstić information content (AvgIpc) is 2.66. The largest absolute Gasteiger partial charge is 0.465 e. The number of methoxy groups -OCH3 is 2. The number of carbonyl (C=O) groups is 1. The molecule has 0 saturated heterocycles. The first-order valence-corrected chi connectivity index (χ1v) is 9.90. The van der Waals surface area contributed by atoms with Crippen molar-refractivity contribution in [2.24, 2.45) is 0 Å². The maximum Gasteiger partial charge on any atom is 0.337 e. The molecular weight excluding hydrogens is 368 g/mol. The Morgan fingerprint density at radius 2 is 1.78 bits per heavy atom. The number of aryl methyl sites for hydroxylation is 1. The molecule has 2 aromatic carbocycles. The van der Waals surface area contributed by atoms with Crippen molar-refractivity contribution in [1.29, 1.82) is 0 Å². The van der Waals surface area contributed by atoms with Gasteiger partial charge in [-0.3, -0.25) is 4.72 Å². The molecule has 0 aliphatic heterocycles. The second-order valence-electron chi connectivity index (χ2n) is 5.95. The summed E-state index contributed by atoms with van der Waals surface area (Å²) in [6.07, 6.45) is 0.708. The molecule has 0 aromatic heterocycles. The smallest absolute Gasteiger partial charge is 0.337 e. The number of esters is 1. The lowest BCUT2D eigenvalue weighted by molar-refractivity contribution is 0.0600. The highest BCUT2D eigenvalue weighted by Crippen LogP contribution is 2.26. The Morgan fingerprint density at radius 3 is 2.41 bits per heavy atom. The first kappa shape index (κ1) is 20.7. The highest BCUT2D eigenvalue weighted by molar-refractivity contribution is 7.92. The Kier molecular flexibility index (Phi) is 7.20. The van der Waals surface area contributed by atoms with Crippen molar-refractivity contribution < 1.29 is 22.7 Å². The number of rotatable bonds is 9. The van der Waals surface area contributed by atoms with Gasteiger partial charge in [0.1, 0.15) is 4.90 Å². The van der Waals surface area contributed by atoms with Gasteiger partial charge in [0.15, 0.2) is 0 Å². The molecule has 0 bridgehead atoms. The molecule has 0 unspecified atom stereocenters. The van der Waals surface area contributed by atoms with E-state index < -0.39 is 16.0 Å². The lowest BCUT2D eigenvalue weighted by Crippen LogP contribution is -2.17. The van der Waals surface area contributed by atoms with Crippen LogP contribution in [-0.2, 0) is 19.5 Å². The van der Waals surface area contributed by atoms with Gasteiger partial charge >= 0.3 is 5.97 Å². The van der Waals surface area contributed by atoms with E-state index in [1.165, 1.54) is 19.2 Å². The van der Waals surface area contributed by atoms with Crippen LogP contribution in [0.5, 0.6) is 0 Å². The molecule has 7 nitrogen and oxygen atoms in total. The van der Waals surface area contributed by atoms with Crippen molar-refractivity contribution in [2.75, 3.05) is 37.4 Å². The molecule has 0 aliphatic rings. The molecule has 0 saturated carbocycles. The maximum atomic E-state index is 12.9. The number of anilines is 2. The van der Waals surface area contributed by atoms with Crippen LogP contribution in [0.3, 0.4) is 0 Å². The number of hydrogen-bond donors (Lipinski definition) is 2. The molecule has 2 N–H and O–H groups in total. The second-order valence-corrected chi connectivity index (χ2v) is 7.60. The number of benzene rings is 2. The Labute approximate surface area is 159 Å². The van der Waals surface area contributed by atoms with Gasteiger partial charge in [0.05, 0.1) is 18.4 Å². The summed E-state index contributed by atoms with van der Waals surface area (Å²) in [6, 6.07) is 11.4. The van der Waals surface area contributed by atoms with Crippen LogP contribution in [0.25, 0.3) is 0 Å². The molecule has 27 heavy (non-hydrogen) atoms. The SMILES string of the molecule is COCCCNc1ccc(C(=O)OC)cc1S(=O)(=O)Nc1ccc(C)cc1. The third-order valence-corrected chi connectivity index (χ3v) is 5.26. The fourth-order valence-electron chi connectivity index (χ4n) is 2.41. The third-order valence-electron chi connectivity index (χ3n) is 3.84. The predicted molar refractivity (Wildman–Crippen MR) is 105 cm³/mol. The molecule has 0 aliphatic carbocycles. The molecule has 8 heteroatoms. The second kappa shape index (κ2) is 9.38. The summed E-state index contributed by atoms with van der Waals surface area (Å²) in [5.74, 6) is -0.604. The summed E-state index contributed by atoms with van der Waals surface area (Å²) < 4.78 is 38.1. The summed E-state index contributed by atoms with van der Waals surface area (Å²) in [4.78, 5) is 11.8. The maximum absolute atomic E-state index is 12.9. The standard InChI is InChI=1S/C19H24N2O5S/c1-14-5-8-16(9-6-14)21-27(23,24)18-13-15(19(22)26-3)7-10-17(18)20-11-4-12-25-2/h5-10,13,20-21H,4,11-12H2,1-3H3. The minimum atomic E-state index is -3.92. The van der Waals surface area contributed by atoms with Crippen LogP contribution < -0.4 is 10.0 Å². The molecule has 146 valence electrons. The van der Waals surface area contributed by atoms with Crippen LogP contribution in [0.1, 0.15) is 22.3 Å². The van der Waals surface area contributed by atoms with Crippen molar-refractivity contribution in [3.63, 3.8) is 0 Å². The van der Waals surface area contributed by atoms with Crippen LogP contribution in [0.2, 0.25) is 0 Å². The van der Waals surface area contributed by atoms with E-state index in [9.17, 15) is 13.2 Å². The van der Waals surface area contributed by atoms with Crippen molar-refractivity contribution in [3.8, 4) is 0 Å². The lowest BCUT2D eigenvalue weighted by atomic mass is 10.2. The van der Waals surface area contributed by atoms with Gasteiger partial charge in [-0.15, -0.1) is 0 Å². The molecular formula is C19H24N2O5S. The summed E-state index contributed by atoms with van der Waals surface area (Å²) in [5, 5.41) is 3.08. The third kappa shape index (κ3) is 5.70. The van der Waals surface area contributed by atoms with Gasteiger partial charge in [-0.2, -0.15) is 0 Å². The Hall–Kier alpha value is -2.58. The molecule has 0 radical (unpaired) electrons. The van der Waals surface area contributed by atoms with Crippen molar-refractivity contribution in [2.45, 2.75) is 18.2 Å². The van der Waals surface area contributed by atoms with Gasteiger partial charge in [-0.25, -0.2) is 13.2 Å². The number of carbonyl (C=O) groups excluding carboxylic acids is 1. The van der Waals surface area contributed by atoms with Crippen LogP contribution in [0.4, 0.5) is 11.4 Å². The van der Waals surface area contributed by atoms with Crippen LogP contribution in [0.15, 0.2) is 47.4 Å². The highest BCUT2D eigenvalue weighted by atomic mass is 32.2. The number of nitrogens with one attached hydrogen (secondary N) is 2. The Bertz CT molecular complexity index is 879. The van der Waals surface area contributed by atoms with E-state index in [1.54, 1.807) is 25.3 Å². The van der Waals surface area contributed by atoms with Gasteiger partial charge in [-0.1, -0.05) is 17.7 Å². The van der Waals surface area contributed by atoms with Crippen molar-refractivity contribution in [1.82, 2.24) is 0 Å². The predicted octanol–water partition coefficient (Wildman–Crippen LogP) is 3.03. The molecule has 0 amide bonds. The van der Waals surface area contributed by atoms with Gasteiger partial charge in [0.25, 0.3) is 10.0 Å². The quantitative estimate of drug-likeness (QED) is 0.503. The van der Waals surface area contributed by atoms with E-state index in [1.807, 2.05) is 19.1 Å². The minimum absolute atomic E-state index is 0.0246. The number of hydrogen-bond acceptors (Lipinski definition) is 6. The summed E-state index contributed by atoms with van der Waals surface area (Å²) in [5.41, 5.74) is 2.02. The van der Waals surface area contributed by atoms with E-state index >= 15 is 0 Å². The monoisotopic (exact) mass is 392 g/mol. The summed E-state index contributed by atoms with van der Waals surface area (Å²) >= 11 is 0. The van der Waals surface area contributed by atoms with Gasteiger partial charge < -0.3 is 14.8 Å². The van der Waals surface area contributed by atoms with E-state index in [-0.39, 0.29) is 10.5 Å². The van der Waals surface area contributed by atoms with Crippen molar-refractivity contribution in [3.05, 3.63) is 53.6 Å². The molecule has 2 aromatic rings. The van der Waals surface area contributed by atoms with E-state index in [2.05, 4.69) is 10.0 Å². The van der Waals surface area contributed by atoms with Gasteiger partial charge in [0, 0.05) is 25.9 Å². The number of sulfonamides is 1. The first-order valence-electron chi connectivity index (χ1n) is 8.42. The minimum Gasteiger partial charge on any atom is -0.465 e. The summed E-state index contributed by atoms with van der Waals surface area (Å²) in [6.45, 7) is 3.00. The lowest BCUT2D eigenvalue weighted by Gasteiger charge is -2.15. The first-order chi connectivity index (χ1) is 12.9. The normalized spacial score (nSPS) is 11.1. The fraction of sp³-hybridized carbons (Fsp3) is 0.316. The van der Waals surface area contributed by atoms with Gasteiger partial charge in [-0.05, 0) is 43.7 Å². The number of ether oxygens (including phenoxy) is 2. The average molecular weight is 392 g/mol. The fourth-order valence-corrected chi connectivity index (χ4v) is 3.68.